The van der Waals surface area contributed by atoms with Crippen molar-refractivity contribution in [3.05, 3.63) is 72.3 Å². The van der Waals surface area contributed by atoms with E-state index in [0.717, 1.165) is 5.56 Å². The second-order valence-electron chi connectivity index (χ2n) is 5.33. The molecule has 23 heavy (non-hydrogen) atoms. The SMILES string of the molecule is CN(C)CC=CC(=O)Oc1cccc(OCc2ccccc2)c1. The van der Waals surface area contributed by atoms with E-state index >= 15 is 0 Å². The number of nitrogens with zero attached hydrogens (tertiary/aromatic N) is 1. The molecule has 0 fully saturated rings. The average Bonchev–Trinajstić information content (AvgIpc) is 2.54. The Labute approximate surface area is 137 Å². The number of hydrogen-bond acceptors (Lipinski definition) is 4. The average molecular weight is 311 g/mol. The molecule has 2 rings (SSSR count). The van der Waals surface area contributed by atoms with Crippen LogP contribution in [-0.4, -0.2) is 31.5 Å². The molecule has 0 bridgehead atoms. The third-order valence-corrected chi connectivity index (χ3v) is 3.00. The summed E-state index contributed by atoms with van der Waals surface area (Å²) in [6.07, 6.45) is 3.19. The molecule has 0 saturated heterocycles. The maximum absolute atomic E-state index is 11.7. The Hall–Kier alpha value is -2.59. The molecule has 4 nitrogen and oxygen atoms in total. The molecule has 0 radical (unpaired) electrons. The third kappa shape index (κ3) is 6.36. The van der Waals surface area contributed by atoms with Gasteiger partial charge in [0, 0.05) is 18.7 Å². The number of carbonyl (C=O) groups is 1. The lowest BCUT2D eigenvalue weighted by Crippen LogP contribution is -2.12. The zero-order valence-electron chi connectivity index (χ0n) is 13.4. The standard InChI is InChI=1S/C19H21NO3/c1-20(2)13-7-12-19(21)23-18-11-6-10-17(14-18)22-15-16-8-4-3-5-9-16/h3-12,14H,13,15H2,1-2H3. The Morgan fingerprint density at radius 2 is 1.78 bits per heavy atom. The highest BCUT2D eigenvalue weighted by molar-refractivity contribution is 5.84. The summed E-state index contributed by atoms with van der Waals surface area (Å²) < 4.78 is 11.0. The van der Waals surface area contributed by atoms with E-state index in [2.05, 4.69) is 0 Å². The van der Waals surface area contributed by atoms with E-state index in [-0.39, 0.29) is 0 Å². The van der Waals surface area contributed by atoms with Gasteiger partial charge >= 0.3 is 5.97 Å². The first-order valence-electron chi connectivity index (χ1n) is 7.43. The van der Waals surface area contributed by atoms with E-state index in [4.69, 9.17) is 9.47 Å². The molecule has 120 valence electrons. The molecule has 0 aliphatic rings. The molecular formula is C19H21NO3. The van der Waals surface area contributed by atoms with Crippen molar-refractivity contribution < 1.29 is 14.3 Å². The molecule has 0 atom stereocenters. The van der Waals surface area contributed by atoms with Crippen LogP contribution in [0.3, 0.4) is 0 Å². The topological polar surface area (TPSA) is 38.8 Å². The van der Waals surface area contributed by atoms with Crippen LogP contribution >= 0.6 is 0 Å². The van der Waals surface area contributed by atoms with Crippen LogP contribution in [0.25, 0.3) is 0 Å². The Kier molecular flexibility index (Phi) is 6.39. The minimum Gasteiger partial charge on any atom is -0.489 e. The lowest BCUT2D eigenvalue weighted by atomic mass is 10.2. The fourth-order valence-corrected chi connectivity index (χ4v) is 1.88. The summed E-state index contributed by atoms with van der Waals surface area (Å²) in [5.74, 6) is 0.735. The smallest absolute Gasteiger partial charge is 0.335 e. The molecular weight excluding hydrogens is 290 g/mol. The van der Waals surface area contributed by atoms with Gasteiger partial charge in [0.15, 0.2) is 0 Å². The van der Waals surface area contributed by atoms with Crippen molar-refractivity contribution >= 4 is 5.97 Å². The highest BCUT2D eigenvalue weighted by Crippen LogP contribution is 2.20. The van der Waals surface area contributed by atoms with Gasteiger partial charge in [-0.25, -0.2) is 4.79 Å². The van der Waals surface area contributed by atoms with Crippen molar-refractivity contribution in [3.8, 4) is 11.5 Å². The molecule has 0 aliphatic heterocycles. The van der Waals surface area contributed by atoms with Crippen LogP contribution in [0.5, 0.6) is 11.5 Å². The van der Waals surface area contributed by atoms with Gasteiger partial charge in [-0.2, -0.15) is 0 Å². The normalized spacial score (nSPS) is 10.9. The fraction of sp³-hybridized carbons (Fsp3) is 0.211. The lowest BCUT2D eigenvalue weighted by molar-refractivity contribution is -0.129. The maximum Gasteiger partial charge on any atom is 0.335 e. The molecule has 0 N–H and O–H groups in total. The number of ether oxygens (including phenoxy) is 2. The number of carbonyl (C=O) groups excluding carboxylic acids is 1. The van der Waals surface area contributed by atoms with Crippen LogP contribution in [0.4, 0.5) is 0 Å². The van der Waals surface area contributed by atoms with Gasteiger partial charge in [-0.15, -0.1) is 0 Å². The summed E-state index contributed by atoms with van der Waals surface area (Å²) in [6.45, 7) is 1.16. The van der Waals surface area contributed by atoms with Crippen molar-refractivity contribution in [1.82, 2.24) is 4.90 Å². The van der Waals surface area contributed by atoms with Gasteiger partial charge in [-0.3, -0.25) is 0 Å². The first-order chi connectivity index (χ1) is 11.1. The molecule has 0 saturated carbocycles. The van der Waals surface area contributed by atoms with E-state index < -0.39 is 5.97 Å². The molecule has 0 spiro atoms. The number of benzene rings is 2. The first-order valence-corrected chi connectivity index (χ1v) is 7.43. The molecule has 2 aromatic carbocycles. The molecule has 0 amide bonds. The second kappa shape index (κ2) is 8.76. The highest BCUT2D eigenvalue weighted by atomic mass is 16.5. The Morgan fingerprint density at radius 3 is 2.52 bits per heavy atom. The van der Waals surface area contributed by atoms with Crippen molar-refractivity contribution in [3.63, 3.8) is 0 Å². The zero-order valence-corrected chi connectivity index (χ0v) is 13.4. The summed E-state index contributed by atoms with van der Waals surface area (Å²) >= 11 is 0. The molecule has 2 aromatic rings. The predicted octanol–water partition coefficient (Wildman–Crippen LogP) is 3.29. The second-order valence-corrected chi connectivity index (χ2v) is 5.33. The highest BCUT2D eigenvalue weighted by Gasteiger charge is 2.03. The van der Waals surface area contributed by atoms with Crippen LogP contribution < -0.4 is 9.47 Å². The summed E-state index contributed by atoms with van der Waals surface area (Å²) in [5.41, 5.74) is 1.08. The monoisotopic (exact) mass is 311 g/mol. The number of hydrogen-bond donors (Lipinski definition) is 0. The summed E-state index contributed by atoms with van der Waals surface area (Å²) in [5, 5.41) is 0. The summed E-state index contributed by atoms with van der Waals surface area (Å²) in [7, 11) is 3.87. The van der Waals surface area contributed by atoms with Crippen molar-refractivity contribution in [2.75, 3.05) is 20.6 Å². The van der Waals surface area contributed by atoms with Crippen LogP contribution in [0.15, 0.2) is 66.7 Å². The lowest BCUT2D eigenvalue weighted by Gasteiger charge is -2.08. The van der Waals surface area contributed by atoms with Crippen LogP contribution in [-0.2, 0) is 11.4 Å². The molecule has 0 heterocycles. The van der Waals surface area contributed by atoms with Gasteiger partial charge in [-0.1, -0.05) is 42.5 Å². The van der Waals surface area contributed by atoms with E-state index in [1.165, 1.54) is 6.08 Å². The third-order valence-electron chi connectivity index (χ3n) is 3.00. The predicted molar refractivity (Wildman–Crippen MR) is 90.5 cm³/mol. The van der Waals surface area contributed by atoms with E-state index in [1.54, 1.807) is 24.3 Å². The van der Waals surface area contributed by atoms with Gasteiger partial charge < -0.3 is 14.4 Å². The largest absolute Gasteiger partial charge is 0.489 e. The van der Waals surface area contributed by atoms with Gasteiger partial charge in [0.1, 0.15) is 18.1 Å². The zero-order chi connectivity index (χ0) is 16.5. The molecule has 0 unspecified atom stereocenters. The maximum atomic E-state index is 11.7. The van der Waals surface area contributed by atoms with Gasteiger partial charge in [-0.05, 0) is 31.8 Å². The first kappa shape index (κ1) is 16.8. The van der Waals surface area contributed by atoms with Gasteiger partial charge in [0.05, 0.1) is 0 Å². The molecule has 0 aromatic heterocycles. The quantitative estimate of drug-likeness (QED) is 0.447. The minimum atomic E-state index is -0.396. The van der Waals surface area contributed by atoms with Crippen molar-refractivity contribution in [2.45, 2.75) is 6.61 Å². The van der Waals surface area contributed by atoms with E-state index in [1.807, 2.05) is 55.4 Å². The Bertz CT molecular complexity index is 651. The van der Waals surface area contributed by atoms with Crippen LogP contribution in [0.2, 0.25) is 0 Å². The Balaban J connectivity index is 1.89. The number of esters is 1. The van der Waals surface area contributed by atoms with Crippen LogP contribution in [0.1, 0.15) is 5.56 Å². The minimum absolute atomic E-state index is 0.396. The van der Waals surface area contributed by atoms with Crippen molar-refractivity contribution in [1.29, 1.82) is 0 Å². The molecule has 4 heteroatoms. The Morgan fingerprint density at radius 1 is 1.04 bits per heavy atom. The number of likely N-dealkylation sites (N-methyl/N-ethyl adjacent to an activating group) is 1. The molecule has 0 aliphatic carbocycles. The van der Waals surface area contributed by atoms with Crippen molar-refractivity contribution in [2.24, 2.45) is 0 Å². The van der Waals surface area contributed by atoms with Gasteiger partial charge in [0.25, 0.3) is 0 Å². The summed E-state index contributed by atoms with van der Waals surface area (Å²) in [4.78, 5) is 13.7. The van der Waals surface area contributed by atoms with E-state index in [0.29, 0.717) is 24.7 Å². The van der Waals surface area contributed by atoms with Crippen LogP contribution in [0, 0.1) is 0 Å². The number of rotatable bonds is 7. The fourth-order valence-electron chi connectivity index (χ4n) is 1.88. The van der Waals surface area contributed by atoms with E-state index in [9.17, 15) is 4.79 Å². The van der Waals surface area contributed by atoms with Gasteiger partial charge in [0.2, 0.25) is 0 Å². The summed E-state index contributed by atoms with van der Waals surface area (Å²) in [6, 6.07) is 17.0.